The highest BCUT2D eigenvalue weighted by Gasteiger charge is 2.09. The van der Waals surface area contributed by atoms with Crippen molar-refractivity contribution in [2.45, 2.75) is 4.90 Å². The zero-order valence-corrected chi connectivity index (χ0v) is 9.18. The summed E-state index contributed by atoms with van der Waals surface area (Å²) in [5.74, 6) is 0.438. The predicted octanol–water partition coefficient (Wildman–Crippen LogP) is 2.20. The van der Waals surface area contributed by atoms with Gasteiger partial charge in [0.1, 0.15) is 5.75 Å². The van der Waals surface area contributed by atoms with Crippen LogP contribution in [0.5, 0.6) is 5.75 Å². The molecule has 14 heavy (non-hydrogen) atoms. The van der Waals surface area contributed by atoms with Gasteiger partial charge in [-0.05, 0) is 24.5 Å². The molecule has 0 atom stereocenters. The van der Waals surface area contributed by atoms with Crippen LogP contribution in [0.3, 0.4) is 0 Å². The minimum Gasteiger partial charge on any atom is -0.496 e. The first-order valence-corrected chi connectivity index (χ1v) is 5.25. The Hall–Kier alpha value is -1.16. The lowest BCUT2D eigenvalue weighted by molar-refractivity contribution is 0.0600. The fraction of sp³-hybridized carbons (Fsp3) is 0.300. The molecule has 4 heteroatoms. The lowest BCUT2D eigenvalue weighted by Gasteiger charge is -2.07. The quantitative estimate of drug-likeness (QED) is 0.568. The van der Waals surface area contributed by atoms with Crippen molar-refractivity contribution < 1.29 is 14.3 Å². The molecular formula is C10H12O3S. The van der Waals surface area contributed by atoms with Crippen LogP contribution in [0.4, 0.5) is 0 Å². The normalized spacial score (nSPS) is 9.64. The van der Waals surface area contributed by atoms with Gasteiger partial charge in [0.2, 0.25) is 0 Å². The molecule has 76 valence electrons. The van der Waals surface area contributed by atoms with Crippen molar-refractivity contribution in [3.05, 3.63) is 23.8 Å². The van der Waals surface area contributed by atoms with E-state index >= 15 is 0 Å². The third-order valence-electron chi connectivity index (χ3n) is 1.80. The van der Waals surface area contributed by atoms with Crippen molar-refractivity contribution in [1.82, 2.24) is 0 Å². The molecule has 3 nitrogen and oxygen atoms in total. The van der Waals surface area contributed by atoms with E-state index in [1.54, 1.807) is 25.3 Å². The highest BCUT2D eigenvalue weighted by atomic mass is 32.2. The van der Waals surface area contributed by atoms with Crippen molar-refractivity contribution in [2.75, 3.05) is 20.5 Å². The molecule has 0 heterocycles. The second kappa shape index (κ2) is 4.91. The van der Waals surface area contributed by atoms with Gasteiger partial charge in [-0.2, -0.15) is 0 Å². The fourth-order valence-corrected chi connectivity index (χ4v) is 1.68. The molecule has 0 saturated carbocycles. The Morgan fingerprint density at radius 2 is 2.07 bits per heavy atom. The fourth-order valence-electron chi connectivity index (χ4n) is 1.08. The van der Waals surface area contributed by atoms with Crippen LogP contribution in [0, 0.1) is 0 Å². The average molecular weight is 212 g/mol. The Morgan fingerprint density at radius 3 is 2.57 bits per heavy atom. The van der Waals surface area contributed by atoms with Gasteiger partial charge < -0.3 is 9.47 Å². The monoisotopic (exact) mass is 212 g/mol. The van der Waals surface area contributed by atoms with E-state index in [9.17, 15) is 4.79 Å². The van der Waals surface area contributed by atoms with Crippen molar-refractivity contribution >= 4 is 17.7 Å². The van der Waals surface area contributed by atoms with Crippen LogP contribution >= 0.6 is 11.8 Å². The topological polar surface area (TPSA) is 35.5 Å². The van der Waals surface area contributed by atoms with E-state index in [1.165, 1.54) is 18.9 Å². The lowest BCUT2D eigenvalue weighted by atomic mass is 10.2. The van der Waals surface area contributed by atoms with E-state index in [2.05, 4.69) is 4.74 Å². The van der Waals surface area contributed by atoms with Crippen LogP contribution in [0.1, 0.15) is 10.4 Å². The smallest absolute Gasteiger partial charge is 0.337 e. The van der Waals surface area contributed by atoms with Gasteiger partial charge in [0.05, 0.1) is 19.8 Å². The summed E-state index contributed by atoms with van der Waals surface area (Å²) in [6.45, 7) is 0. The molecule has 0 fully saturated rings. The van der Waals surface area contributed by atoms with Gasteiger partial charge in [-0.3, -0.25) is 0 Å². The third kappa shape index (κ3) is 2.20. The van der Waals surface area contributed by atoms with E-state index in [-0.39, 0.29) is 5.97 Å². The molecule has 0 radical (unpaired) electrons. The SMILES string of the molecule is COC(=O)c1ccc(OC)c(SC)c1. The van der Waals surface area contributed by atoms with Crippen LogP contribution in [-0.4, -0.2) is 26.4 Å². The Bertz CT molecular complexity index is 336. The van der Waals surface area contributed by atoms with Crippen LogP contribution in [0.15, 0.2) is 23.1 Å². The van der Waals surface area contributed by atoms with E-state index in [0.29, 0.717) is 5.56 Å². The van der Waals surface area contributed by atoms with Crippen molar-refractivity contribution in [3.8, 4) is 5.75 Å². The summed E-state index contributed by atoms with van der Waals surface area (Å²) < 4.78 is 9.75. The molecule has 0 saturated heterocycles. The van der Waals surface area contributed by atoms with Crippen LogP contribution in [0.25, 0.3) is 0 Å². The molecule has 0 amide bonds. The van der Waals surface area contributed by atoms with Crippen molar-refractivity contribution in [1.29, 1.82) is 0 Å². The largest absolute Gasteiger partial charge is 0.496 e. The molecule has 0 aliphatic heterocycles. The molecule has 0 aliphatic carbocycles. The highest BCUT2D eigenvalue weighted by Crippen LogP contribution is 2.28. The number of methoxy groups -OCH3 is 2. The number of ether oxygens (including phenoxy) is 2. The van der Waals surface area contributed by atoms with Gasteiger partial charge in [0.25, 0.3) is 0 Å². The Morgan fingerprint density at radius 1 is 1.36 bits per heavy atom. The van der Waals surface area contributed by atoms with E-state index < -0.39 is 0 Å². The second-order valence-corrected chi connectivity index (χ2v) is 3.41. The van der Waals surface area contributed by atoms with Crippen molar-refractivity contribution in [2.24, 2.45) is 0 Å². The van der Waals surface area contributed by atoms with Gasteiger partial charge in [-0.1, -0.05) is 0 Å². The first-order chi connectivity index (χ1) is 6.72. The minimum atomic E-state index is -0.331. The summed E-state index contributed by atoms with van der Waals surface area (Å²) in [4.78, 5) is 12.1. The second-order valence-electron chi connectivity index (χ2n) is 2.56. The molecule has 1 rings (SSSR count). The summed E-state index contributed by atoms with van der Waals surface area (Å²) in [6.07, 6.45) is 1.93. The first-order valence-electron chi connectivity index (χ1n) is 4.03. The number of benzene rings is 1. The number of rotatable bonds is 3. The van der Waals surface area contributed by atoms with Gasteiger partial charge >= 0.3 is 5.97 Å². The summed E-state index contributed by atoms with van der Waals surface area (Å²) in [5, 5.41) is 0. The predicted molar refractivity (Wildman–Crippen MR) is 56.1 cm³/mol. The van der Waals surface area contributed by atoms with Crippen LogP contribution in [0.2, 0.25) is 0 Å². The molecule has 1 aromatic carbocycles. The standard InChI is InChI=1S/C10H12O3S/c1-12-8-5-4-7(10(11)13-2)6-9(8)14-3/h4-6H,1-3H3. The Balaban J connectivity index is 3.07. The molecule has 0 N–H and O–H groups in total. The molecule has 0 spiro atoms. The molecule has 0 bridgehead atoms. The van der Waals surface area contributed by atoms with E-state index in [4.69, 9.17) is 4.74 Å². The van der Waals surface area contributed by atoms with E-state index in [1.807, 2.05) is 6.26 Å². The summed E-state index contributed by atoms with van der Waals surface area (Å²) in [7, 11) is 2.97. The Labute approximate surface area is 87.4 Å². The number of carbonyl (C=O) groups is 1. The minimum absolute atomic E-state index is 0.331. The lowest BCUT2D eigenvalue weighted by Crippen LogP contribution is -2.01. The maximum absolute atomic E-state index is 11.2. The number of hydrogen-bond acceptors (Lipinski definition) is 4. The van der Waals surface area contributed by atoms with Gasteiger partial charge in [0, 0.05) is 4.90 Å². The maximum Gasteiger partial charge on any atom is 0.337 e. The zero-order valence-electron chi connectivity index (χ0n) is 8.37. The van der Waals surface area contributed by atoms with Crippen LogP contribution in [-0.2, 0) is 4.74 Å². The number of hydrogen-bond donors (Lipinski definition) is 0. The third-order valence-corrected chi connectivity index (χ3v) is 2.56. The molecule has 0 aromatic heterocycles. The number of thioether (sulfide) groups is 1. The van der Waals surface area contributed by atoms with Gasteiger partial charge in [-0.15, -0.1) is 11.8 Å². The Kier molecular flexibility index (Phi) is 3.83. The molecule has 0 unspecified atom stereocenters. The zero-order chi connectivity index (χ0) is 10.6. The molecular weight excluding hydrogens is 200 g/mol. The van der Waals surface area contributed by atoms with Crippen molar-refractivity contribution in [3.63, 3.8) is 0 Å². The average Bonchev–Trinajstić information content (AvgIpc) is 2.26. The summed E-state index contributed by atoms with van der Waals surface area (Å²) >= 11 is 1.53. The highest BCUT2D eigenvalue weighted by molar-refractivity contribution is 7.98. The first kappa shape index (κ1) is 10.9. The molecule has 1 aromatic rings. The summed E-state index contributed by atoms with van der Waals surface area (Å²) in [6, 6.07) is 5.21. The van der Waals surface area contributed by atoms with E-state index in [0.717, 1.165) is 10.6 Å². The summed E-state index contributed by atoms with van der Waals surface area (Å²) in [5.41, 5.74) is 0.539. The van der Waals surface area contributed by atoms with Gasteiger partial charge in [0.15, 0.2) is 0 Å². The number of esters is 1. The number of carbonyl (C=O) groups excluding carboxylic acids is 1. The maximum atomic E-state index is 11.2. The van der Waals surface area contributed by atoms with Gasteiger partial charge in [-0.25, -0.2) is 4.79 Å². The molecule has 0 aliphatic rings. The van der Waals surface area contributed by atoms with Crippen LogP contribution < -0.4 is 4.74 Å².